The number of thiophene rings is 1. The zero-order valence-corrected chi connectivity index (χ0v) is 11.8. The fourth-order valence-corrected chi connectivity index (χ4v) is 3.19. The van der Waals surface area contributed by atoms with Crippen LogP contribution in [0.3, 0.4) is 0 Å². The summed E-state index contributed by atoms with van der Waals surface area (Å²) in [6, 6.07) is 9.89. The Kier molecular flexibility index (Phi) is 3.23. The number of rotatable bonds is 4. The maximum Gasteiger partial charge on any atom is 0.0346 e. The van der Waals surface area contributed by atoms with E-state index >= 15 is 0 Å². The van der Waals surface area contributed by atoms with Crippen LogP contribution in [-0.2, 0) is 6.54 Å². The topological polar surface area (TPSA) is 12.0 Å². The van der Waals surface area contributed by atoms with Crippen molar-refractivity contribution < 1.29 is 0 Å². The zero-order valence-electron chi connectivity index (χ0n) is 11.0. The van der Waals surface area contributed by atoms with Crippen molar-refractivity contribution in [2.45, 2.75) is 39.3 Å². The van der Waals surface area contributed by atoms with Crippen molar-refractivity contribution in [2.75, 3.05) is 0 Å². The molecule has 1 aromatic heterocycles. The highest BCUT2D eigenvalue weighted by molar-refractivity contribution is 7.13. The number of aryl methyl sites for hydroxylation is 2. The average Bonchev–Trinajstić information content (AvgIpc) is 3.02. The first-order valence-corrected chi connectivity index (χ1v) is 7.48. The molecule has 0 bridgehead atoms. The molecule has 94 valence electrons. The summed E-state index contributed by atoms with van der Waals surface area (Å²) < 4.78 is 0. The summed E-state index contributed by atoms with van der Waals surface area (Å²) in [5.41, 5.74) is 5.46. The molecular formula is C16H19NS. The van der Waals surface area contributed by atoms with Crippen LogP contribution < -0.4 is 5.32 Å². The van der Waals surface area contributed by atoms with Crippen LogP contribution in [0.25, 0.3) is 10.4 Å². The molecule has 1 nitrogen and oxygen atoms in total. The minimum Gasteiger partial charge on any atom is -0.310 e. The van der Waals surface area contributed by atoms with Crippen LogP contribution in [0.4, 0.5) is 0 Å². The Morgan fingerprint density at radius 3 is 2.50 bits per heavy atom. The van der Waals surface area contributed by atoms with E-state index in [1.165, 1.54) is 40.0 Å². The van der Waals surface area contributed by atoms with Crippen LogP contribution in [-0.4, -0.2) is 6.04 Å². The van der Waals surface area contributed by atoms with Crippen LogP contribution in [0.1, 0.15) is 29.5 Å². The molecule has 1 aliphatic rings. The van der Waals surface area contributed by atoms with Gasteiger partial charge in [0, 0.05) is 17.5 Å². The van der Waals surface area contributed by atoms with Crippen LogP contribution in [0, 0.1) is 13.8 Å². The van der Waals surface area contributed by atoms with Gasteiger partial charge in [0.15, 0.2) is 0 Å². The summed E-state index contributed by atoms with van der Waals surface area (Å²) in [7, 11) is 0. The summed E-state index contributed by atoms with van der Waals surface area (Å²) in [5.74, 6) is 0. The van der Waals surface area contributed by atoms with E-state index < -0.39 is 0 Å². The first-order chi connectivity index (χ1) is 8.70. The van der Waals surface area contributed by atoms with Gasteiger partial charge in [0.2, 0.25) is 0 Å². The van der Waals surface area contributed by atoms with Crippen LogP contribution >= 0.6 is 11.3 Å². The first-order valence-electron chi connectivity index (χ1n) is 6.60. The van der Waals surface area contributed by atoms with Gasteiger partial charge >= 0.3 is 0 Å². The molecule has 0 atom stereocenters. The Balaban J connectivity index is 1.78. The third-order valence-corrected chi connectivity index (χ3v) is 4.36. The summed E-state index contributed by atoms with van der Waals surface area (Å²) in [6.45, 7) is 5.35. The molecule has 0 spiro atoms. The third-order valence-electron chi connectivity index (χ3n) is 3.33. The Bertz CT molecular complexity index is 532. The summed E-state index contributed by atoms with van der Waals surface area (Å²) in [4.78, 5) is 1.38. The Hall–Kier alpha value is -1.12. The molecule has 1 heterocycles. The first kappa shape index (κ1) is 11.9. The van der Waals surface area contributed by atoms with Gasteiger partial charge in [-0.25, -0.2) is 0 Å². The molecule has 1 aromatic carbocycles. The fraction of sp³-hybridized carbons (Fsp3) is 0.375. The lowest BCUT2D eigenvalue weighted by atomic mass is 10.1. The molecule has 1 aliphatic carbocycles. The second-order valence-corrected chi connectivity index (χ2v) is 6.26. The van der Waals surface area contributed by atoms with Crippen molar-refractivity contribution in [2.24, 2.45) is 0 Å². The molecule has 1 fully saturated rings. The SMILES string of the molecule is Cc1cc(C)cc(-c2cc(CNC3CC3)cs2)c1. The van der Waals surface area contributed by atoms with Gasteiger partial charge < -0.3 is 5.32 Å². The molecule has 0 radical (unpaired) electrons. The standard InChI is InChI=1S/C16H19NS/c1-11-5-12(2)7-14(6-11)16-8-13(10-18-16)9-17-15-3-4-15/h5-8,10,15,17H,3-4,9H2,1-2H3. The van der Waals surface area contributed by atoms with Gasteiger partial charge in [0.05, 0.1) is 0 Å². The van der Waals surface area contributed by atoms with E-state index in [0.29, 0.717) is 0 Å². The molecule has 2 heteroatoms. The van der Waals surface area contributed by atoms with E-state index in [4.69, 9.17) is 0 Å². The number of benzene rings is 1. The summed E-state index contributed by atoms with van der Waals surface area (Å²) in [6.07, 6.45) is 2.71. The van der Waals surface area contributed by atoms with Gasteiger partial charge in [-0.2, -0.15) is 0 Å². The van der Waals surface area contributed by atoms with Crippen molar-refractivity contribution in [3.8, 4) is 10.4 Å². The normalized spacial score (nSPS) is 15.0. The monoisotopic (exact) mass is 257 g/mol. The second-order valence-electron chi connectivity index (χ2n) is 5.35. The Morgan fingerprint density at radius 2 is 1.83 bits per heavy atom. The average molecular weight is 257 g/mol. The fourth-order valence-electron chi connectivity index (χ4n) is 2.29. The van der Waals surface area contributed by atoms with E-state index in [9.17, 15) is 0 Å². The number of hydrogen-bond acceptors (Lipinski definition) is 2. The Morgan fingerprint density at radius 1 is 1.11 bits per heavy atom. The van der Waals surface area contributed by atoms with Gasteiger partial charge in [-0.15, -0.1) is 11.3 Å². The highest BCUT2D eigenvalue weighted by Gasteiger charge is 2.20. The van der Waals surface area contributed by atoms with E-state index in [1.54, 1.807) is 0 Å². The van der Waals surface area contributed by atoms with Gasteiger partial charge in [0.25, 0.3) is 0 Å². The van der Waals surface area contributed by atoms with E-state index in [-0.39, 0.29) is 0 Å². The molecule has 1 saturated carbocycles. The highest BCUT2D eigenvalue weighted by Crippen LogP contribution is 2.29. The number of nitrogens with one attached hydrogen (secondary N) is 1. The highest BCUT2D eigenvalue weighted by atomic mass is 32.1. The van der Waals surface area contributed by atoms with Gasteiger partial charge in [-0.1, -0.05) is 29.3 Å². The molecule has 1 N–H and O–H groups in total. The maximum atomic E-state index is 3.57. The van der Waals surface area contributed by atoms with Crippen molar-refractivity contribution >= 4 is 11.3 Å². The van der Waals surface area contributed by atoms with Crippen molar-refractivity contribution in [1.82, 2.24) is 5.32 Å². The lowest BCUT2D eigenvalue weighted by Gasteiger charge is -2.02. The molecule has 0 unspecified atom stereocenters. The quantitative estimate of drug-likeness (QED) is 0.862. The van der Waals surface area contributed by atoms with E-state index in [1.807, 2.05) is 11.3 Å². The minimum atomic E-state index is 0.787. The molecule has 0 saturated heterocycles. The van der Waals surface area contributed by atoms with Gasteiger partial charge in [-0.05, 0) is 49.3 Å². The van der Waals surface area contributed by atoms with Gasteiger partial charge in [-0.3, -0.25) is 0 Å². The third kappa shape index (κ3) is 2.82. The molecule has 0 aliphatic heterocycles. The van der Waals surface area contributed by atoms with Crippen molar-refractivity contribution in [3.63, 3.8) is 0 Å². The van der Waals surface area contributed by atoms with Gasteiger partial charge in [0.1, 0.15) is 0 Å². The second kappa shape index (κ2) is 4.87. The molecule has 2 aromatic rings. The number of hydrogen-bond donors (Lipinski definition) is 1. The molecule has 3 rings (SSSR count). The molecule has 18 heavy (non-hydrogen) atoms. The molecule has 0 amide bonds. The van der Waals surface area contributed by atoms with Crippen molar-refractivity contribution in [3.05, 3.63) is 46.3 Å². The predicted molar refractivity (Wildman–Crippen MR) is 79.1 cm³/mol. The van der Waals surface area contributed by atoms with E-state index in [0.717, 1.165) is 12.6 Å². The van der Waals surface area contributed by atoms with Crippen LogP contribution in [0.2, 0.25) is 0 Å². The lowest BCUT2D eigenvalue weighted by molar-refractivity contribution is 0.689. The summed E-state index contributed by atoms with van der Waals surface area (Å²) >= 11 is 1.85. The smallest absolute Gasteiger partial charge is 0.0346 e. The van der Waals surface area contributed by atoms with E-state index in [2.05, 4.69) is 48.8 Å². The molecular weight excluding hydrogens is 238 g/mol. The van der Waals surface area contributed by atoms with Crippen LogP contribution in [0.15, 0.2) is 29.6 Å². The Labute approximate surface area is 113 Å². The van der Waals surface area contributed by atoms with Crippen LogP contribution in [0.5, 0.6) is 0 Å². The van der Waals surface area contributed by atoms with Crippen molar-refractivity contribution in [1.29, 1.82) is 0 Å². The largest absolute Gasteiger partial charge is 0.310 e. The summed E-state index contributed by atoms with van der Waals surface area (Å²) in [5, 5.41) is 5.85. The maximum absolute atomic E-state index is 3.57. The zero-order chi connectivity index (χ0) is 12.5. The lowest BCUT2D eigenvalue weighted by Crippen LogP contribution is -2.14. The predicted octanol–water partition coefficient (Wildman–Crippen LogP) is 4.28. The minimum absolute atomic E-state index is 0.787.